The molecule has 0 aliphatic carbocycles. The molecule has 0 saturated carbocycles. The highest BCUT2D eigenvalue weighted by Crippen LogP contribution is 2.23. The maximum Gasteiger partial charge on any atom is 0.219 e. The van der Waals surface area contributed by atoms with E-state index in [-0.39, 0.29) is 5.82 Å². The minimum absolute atomic E-state index is 0.289. The number of hydrogen-bond acceptors (Lipinski definition) is 3. The molecule has 0 aliphatic rings. The molecule has 19 heavy (non-hydrogen) atoms. The Morgan fingerprint density at radius 3 is 2.68 bits per heavy atom. The number of ether oxygens (including phenoxy) is 1. The molecule has 0 amide bonds. The normalized spacial score (nSPS) is 10.5. The van der Waals surface area contributed by atoms with Crippen LogP contribution in [0.1, 0.15) is 23.7 Å². The van der Waals surface area contributed by atoms with Crippen LogP contribution in [0, 0.1) is 12.7 Å². The Balaban J connectivity index is 2.29. The van der Waals surface area contributed by atoms with Crippen LogP contribution in [0.5, 0.6) is 11.6 Å². The van der Waals surface area contributed by atoms with Crippen molar-refractivity contribution >= 4 is 0 Å². The van der Waals surface area contributed by atoms with Crippen molar-refractivity contribution in [3.63, 3.8) is 0 Å². The molecule has 100 valence electrons. The predicted molar refractivity (Wildman–Crippen MR) is 72.7 cm³/mol. The zero-order valence-electron chi connectivity index (χ0n) is 11.1. The summed E-state index contributed by atoms with van der Waals surface area (Å²) >= 11 is 0. The first-order valence-electron chi connectivity index (χ1n) is 6.26. The van der Waals surface area contributed by atoms with Crippen molar-refractivity contribution in [3.8, 4) is 11.6 Å². The molecule has 0 bridgehead atoms. The Morgan fingerprint density at radius 1 is 1.26 bits per heavy atom. The van der Waals surface area contributed by atoms with E-state index in [9.17, 15) is 4.39 Å². The van der Waals surface area contributed by atoms with Crippen LogP contribution in [0.15, 0.2) is 30.3 Å². The smallest absolute Gasteiger partial charge is 0.219 e. The van der Waals surface area contributed by atoms with Gasteiger partial charge in [0.15, 0.2) is 0 Å². The van der Waals surface area contributed by atoms with E-state index in [0.717, 1.165) is 17.7 Å². The van der Waals surface area contributed by atoms with Crippen molar-refractivity contribution in [2.45, 2.75) is 26.8 Å². The molecule has 2 rings (SSSR count). The molecule has 0 saturated heterocycles. The summed E-state index contributed by atoms with van der Waals surface area (Å²) in [6.07, 6.45) is 0.798. The highest BCUT2D eigenvalue weighted by molar-refractivity contribution is 5.33. The number of rotatable bonds is 4. The third-order valence-corrected chi connectivity index (χ3v) is 2.88. The van der Waals surface area contributed by atoms with Gasteiger partial charge in [-0.25, -0.2) is 9.37 Å². The third-order valence-electron chi connectivity index (χ3n) is 2.88. The van der Waals surface area contributed by atoms with Crippen molar-refractivity contribution in [1.82, 2.24) is 4.98 Å². The van der Waals surface area contributed by atoms with Gasteiger partial charge in [0, 0.05) is 24.4 Å². The van der Waals surface area contributed by atoms with Crippen LogP contribution in [-0.2, 0) is 13.0 Å². The number of hydrogen-bond donors (Lipinski definition) is 1. The fourth-order valence-electron chi connectivity index (χ4n) is 1.73. The van der Waals surface area contributed by atoms with Crippen LogP contribution in [0.2, 0.25) is 0 Å². The van der Waals surface area contributed by atoms with Gasteiger partial charge in [-0.1, -0.05) is 13.0 Å². The van der Waals surface area contributed by atoms with E-state index in [1.54, 1.807) is 25.1 Å². The highest BCUT2D eigenvalue weighted by Gasteiger charge is 2.05. The van der Waals surface area contributed by atoms with Crippen LogP contribution >= 0.6 is 0 Å². The molecular weight excluding hydrogens is 243 g/mol. The molecule has 0 unspecified atom stereocenters. The molecular formula is C15H17FN2O. The number of nitrogens with zero attached hydrogens (tertiary/aromatic N) is 1. The van der Waals surface area contributed by atoms with Gasteiger partial charge in [0.1, 0.15) is 11.6 Å². The molecule has 2 aromatic rings. The summed E-state index contributed by atoms with van der Waals surface area (Å²) in [7, 11) is 0. The Labute approximate surface area is 112 Å². The average Bonchev–Trinajstić information content (AvgIpc) is 2.42. The van der Waals surface area contributed by atoms with Gasteiger partial charge in [-0.15, -0.1) is 0 Å². The molecule has 0 radical (unpaired) electrons. The van der Waals surface area contributed by atoms with E-state index in [2.05, 4.69) is 4.98 Å². The third kappa shape index (κ3) is 3.29. The maximum absolute atomic E-state index is 13.5. The molecule has 3 nitrogen and oxygen atoms in total. The Bertz CT molecular complexity index is 562. The molecule has 4 heteroatoms. The molecule has 1 aromatic heterocycles. The summed E-state index contributed by atoms with van der Waals surface area (Å²) in [5.74, 6) is 0.595. The largest absolute Gasteiger partial charge is 0.439 e. The lowest BCUT2D eigenvalue weighted by atomic mass is 10.2. The molecule has 0 atom stereocenters. The van der Waals surface area contributed by atoms with Crippen LogP contribution in [-0.4, -0.2) is 4.98 Å². The van der Waals surface area contributed by atoms with Gasteiger partial charge in [-0.05, 0) is 36.6 Å². The number of aromatic nitrogens is 1. The molecule has 0 fully saturated rings. The second-order valence-electron chi connectivity index (χ2n) is 4.38. The lowest BCUT2D eigenvalue weighted by Crippen LogP contribution is -2.01. The molecule has 2 N–H and O–H groups in total. The maximum atomic E-state index is 13.5. The minimum Gasteiger partial charge on any atom is -0.439 e. The molecule has 0 spiro atoms. The Morgan fingerprint density at radius 2 is 2.05 bits per heavy atom. The SMILES string of the molecule is CCc1cc(CN)cc(Oc2ccc(C)c(F)c2)n1. The topological polar surface area (TPSA) is 48.1 Å². The van der Waals surface area contributed by atoms with Crippen molar-refractivity contribution < 1.29 is 9.13 Å². The summed E-state index contributed by atoms with van der Waals surface area (Å²) in [6.45, 7) is 4.15. The van der Waals surface area contributed by atoms with E-state index in [4.69, 9.17) is 10.5 Å². The van der Waals surface area contributed by atoms with E-state index in [1.807, 2.05) is 13.0 Å². The van der Waals surface area contributed by atoms with Gasteiger partial charge in [-0.2, -0.15) is 0 Å². The lowest BCUT2D eigenvalue weighted by Gasteiger charge is -2.09. The van der Waals surface area contributed by atoms with E-state index in [1.165, 1.54) is 6.07 Å². The second-order valence-corrected chi connectivity index (χ2v) is 4.38. The predicted octanol–water partition coefficient (Wildman–Crippen LogP) is 3.34. The van der Waals surface area contributed by atoms with Gasteiger partial charge < -0.3 is 10.5 Å². The summed E-state index contributed by atoms with van der Waals surface area (Å²) in [6, 6.07) is 8.48. The Hall–Kier alpha value is -1.94. The average molecular weight is 260 g/mol. The van der Waals surface area contributed by atoms with Crippen LogP contribution in [0.3, 0.4) is 0 Å². The summed E-state index contributed by atoms with van der Waals surface area (Å²) in [4.78, 5) is 4.35. The monoisotopic (exact) mass is 260 g/mol. The zero-order valence-corrected chi connectivity index (χ0v) is 11.1. The first kappa shape index (κ1) is 13.5. The second kappa shape index (κ2) is 5.80. The summed E-state index contributed by atoms with van der Waals surface area (Å²) in [5, 5.41) is 0. The van der Waals surface area contributed by atoms with E-state index in [0.29, 0.717) is 23.7 Å². The van der Waals surface area contributed by atoms with E-state index >= 15 is 0 Å². The highest BCUT2D eigenvalue weighted by atomic mass is 19.1. The van der Waals surface area contributed by atoms with Crippen molar-refractivity contribution in [2.24, 2.45) is 5.73 Å². The standard InChI is InChI=1S/C15H17FN2O/c1-3-12-6-11(9-17)7-15(18-12)19-13-5-4-10(2)14(16)8-13/h4-8H,3,9,17H2,1-2H3. The number of nitrogens with two attached hydrogens (primary N) is 1. The van der Waals surface area contributed by atoms with Crippen molar-refractivity contribution in [3.05, 3.63) is 53.0 Å². The number of benzene rings is 1. The van der Waals surface area contributed by atoms with Crippen molar-refractivity contribution in [2.75, 3.05) is 0 Å². The van der Waals surface area contributed by atoms with Crippen LogP contribution < -0.4 is 10.5 Å². The first-order chi connectivity index (χ1) is 9.12. The van der Waals surface area contributed by atoms with Gasteiger partial charge in [0.2, 0.25) is 5.88 Å². The summed E-state index contributed by atoms with van der Waals surface area (Å²) < 4.78 is 19.0. The fraction of sp³-hybridized carbons (Fsp3) is 0.267. The Kier molecular flexibility index (Phi) is 4.12. The first-order valence-corrected chi connectivity index (χ1v) is 6.26. The molecule has 0 aliphatic heterocycles. The quantitative estimate of drug-likeness (QED) is 0.917. The fourth-order valence-corrected chi connectivity index (χ4v) is 1.73. The van der Waals surface area contributed by atoms with Gasteiger partial charge >= 0.3 is 0 Å². The number of pyridine rings is 1. The van der Waals surface area contributed by atoms with Gasteiger partial charge in [0.05, 0.1) is 0 Å². The van der Waals surface area contributed by atoms with E-state index < -0.39 is 0 Å². The number of halogens is 1. The lowest BCUT2D eigenvalue weighted by molar-refractivity contribution is 0.455. The minimum atomic E-state index is -0.289. The molecule has 1 aromatic carbocycles. The summed E-state index contributed by atoms with van der Waals surface area (Å²) in [5.41, 5.74) is 8.09. The van der Waals surface area contributed by atoms with Crippen LogP contribution in [0.4, 0.5) is 4.39 Å². The zero-order chi connectivity index (χ0) is 13.8. The van der Waals surface area contributed by atoms with Crippen LogP contribution in [0.25, 0.3) is 0 Å². The molecule has 1 heterocycles. The van der Waals surface area contributed by atoms with Crippen molar-refractivity contribution in [1.29, 1.82) is 0 Å². The number of aryl methyl sites for hydroxylation is 2. The van der Waals surface area contributed by atoms with Gasteiger partial charge in [0.25, 0.3) is 0 Å². The van der Waals surface area contributed by atoms with Gasteiger partial charge in [-0.3, -0.25) is 0 Å².